The van der Waals surface area contributed by atoms with Crippen LogP contribution in [0.2, 0.25) is 0 Å². The zero-order valence-corrected chi connectivity index (χ0v) is 19.5. The van der Waals surface area contributed by atoms with E-state index < -0.39 is 5.91 Å². The van der Waals surface area contributed by atoms with E-state index in [1.54, 1.807) is 18.2 Å². The van der Waals surface area contributed by atoms with Gasteiger partial charge in [-0.05, 0) is 42.0 Å². The third-order valence-electron chi connectivity index (χ3n) is 4.10. The van der Waals surface area contributed by atoms with Gasteiger partial charge in [0.25, 0.3) is 11.8 Å². The molecule has 3 aromatic carbocycles. The van der Waals surface area contributed by atoms with Crippen molar-refractivity contribution in [3.63, 3.8) is 0 Å². The van der Waals surface area contributed by atoms with Gasteiger partial charge in [-0.25, -0.2) is 5.43 Å². The lowest BCUT2D eigenvalue weighted by Gasteiger charge is -2.10. The Morgan fingerprint density at radius 3 is 2.48 bits per heavy atom. The molecule has 2 amide bonds. The smallest absolute Gasteiger partial charge is 0.259 e. The number of amides is 2. The number of benzene rings is 3. The first-order valence-electron chi connectivity index (χ1n) is 9.33. The predicted molar refractivity (Wildman–Crippen MR) is 127 cm³/mol. The number of nitrogens with one attached hydrogen (secondary N) is 2. The van der Waals surface area contributed by atoms with Crippen LogP contribution in [0.25, 0.3) is 0 Å². The Kier molecular flexibility index (Phi) is 8.37. The zero-order valence-electron chi connectivity index (χ0n) is 16.3. The van der Waals surface area contributed by atoms with E-state index in [0.29, 0.717) is 23.5 Å². The van der Waals surface area contributed by atoms with E-state index >= 15 is 0 Å². The van der Waals surface area contributed by atoms with E-state index in [-0.39, 0.29) is 12.5 Å². The summed E-state index contributed by atoms with van der Waals surface area (Å²) < 4.78 is 7.53. The van der Waals surface area contributed by atoms with Gasteiger partial charge in [0.15, 0.2) is 0 Å². The molecule has 0 radical (unpaired) electrons. The molecule has 0 atom stereocenters. The number of hydrogen-bond acceptors (Lipinski definition) is 4. The van der Waals surface area contributed by atoms with E-state index in [4.69, 9.17) is 4.74 Å². The van der Waals surface area contributed by atoms with Crippen LogP contribution in [0.3, 0.4) is 0 Å². The normalized spacial score (nSPS) is 10.6. The maximum absolute atomic E-state index is 12.1. The summed E-state index contributed by atoms with van der Waals surface area (Å²) in [6.45, 7) is 0.218. The molecule has 0 heterocycles. The van der Waals surface area contributed by atoms with Crippen LogP contribution in [0, 0.1) is 0 Å². The molecule has 3 aromatic rings. The molecule has 0 fully saturated rings. The monoisotopic (exact) mass is 543 g/mol. The van der Waals surface area contributed by atoms with Crippen molar-refractivity contribution >= 4 is 49.9 Å². The molecule has 0 aromatic heterocycles. The first-order valence-corrected chi connectivity index (χ1v) is 10.9. The SMILES string of the molecule is O=C(CNC(=O)c1cccc(Br)c1)N/N=C\c1cc(Br)ccc1OCc1ccccc1. The van der Waals surface area contributed by atoms with Crippen LogP contribution in [-0.4, -0.2) is 24.6 Å². The molecular formula is C23H19Br2N3O3. The number of carbonyl (C=O) groups excluding carboxylic acids is 2. The topological polar surface area (TPSA) is 79.8 Å². The molecule has 2 N–H and O–H groups in total. The van der Waals surface area contributed by atoms with Crippen molar-refractivity contribution in [2.24, 2.45) is 5.10 Å². The first kappa shape index (κ1) is 22.7. The van der Waals surface area contributed by atoms with E-state index in [1.807, 2.05) is 54.6 Å². The van der Waals surface area contributed by atoms with Crippen molar-refractivity contribution in [2.45, 2.75) is 6.61 Å². The maximum atomic E-state index is 12.1. The summed E-state index contributed by atoms with van der Waals surface area (Å²) in [6, 6.07) is 22.3. The van der Waals surface area contributed by atoms with E-state index in [0.717, 1.165) is 14.5 Å². The van der Waals surface area contributed by atoms with Crippen LogP contribution < -0.4 is 15.5 Å². The lowest BCUT2D eigenvalue weighted by atomic mass is 10.2. The summed E-state index contributed by atoms with van der Waals surface area (Å²) >= 11 is 6.74. The average molecular weight is 545 g/mol. The van der Waals surface area contributed by atoms with Gasteiger partial charge in [0, 0.05) is 20.1 Å². The number of rotatable bonds is 8. The first-order chi connectivity index (χ1) is 15.0. The van der Waals surface area contributed by atoms with Crippen LogP contribution in [-0.2, 0) is 11.4 Å². The number of carbonyl (C=O) groups is 2. The maximum Gasteiger partial charge on any atom is 0.259 e. The average Bonchev–Trinajstić information content (AvgIpc) is 2.77. The Bertz CT molecular complexity index is 1090. The van der Waals surface area contributed by atoms with Crippen molar-refractivity contribution in [1.29, 1.82) is 0 Å². The number of hydrazone groups is 1. The Morgan fingerprint density at radius 2 is 1.71 bits per heavy atom. The molecule has 8 heteroatoms. The molecule has 0 spiro atoms. The molecule has 0 aliphatic carbocycles. The molecule has 3 rings (SSSR count). The second-order valence-electron chi connectivity index (χ2n) is 6.44. The highest BCUT2D eigenvalue weighted by atomic mass is 79.9. The van der Waals surface area contributed by atoms with Crippen LogP contribution in [0.5, 0.6) is 5.75 Å². The molecule has 0 aliphatic heterocycles. The molecule has 0 bridgehead atoms. The van der Waals surface area contributed by atoms with Gasteiger partial charge in [0.1, 0.15) is 12.4 Å². The number of hydrogen-bond donors (Lipinski definition) is 2. The number of nitrogens with zero attached hydrogens (tertiary/aromatic N) is 1. The molecule has 0 aliphatic rings. The predicted octanol–water partition coefficient (Wildman–Crippen LogP) is 4.67. The molecule has 6 nitrogen and oxygen atoms in total. The fourth-order valence-electron chi connectivity index (χ4n) is 2.59. The van der Waals surface area contributed by atoms with Gasteiger partial charge in [-0.15, -0.1) is 0 Å². The molecule has 0 unspecified atom stereocenters. The highest BCUT2D eigenvalue weighted by molar-refractivity contribution is 9.10. The third-order valence-corrected chi connectivity index (χ3v) is 5.08. The quantitative estimate of drug-likeness (QED) is 0.319. The largest absolute Gasteiger partial charge is 0.488 e. The van der Waals surface area contributed by atoms with Crippen LogP contribution >= 0.6 is 31.9 Å². The van der Waals surface area contributed by atoms with Gasteiger partial charge in [-0.2, -0.15) is 5.10 Å². The van der Waals surface area contributed by atoms with E-state index in [9.17, 15) is 9.59 Å². The van der Waals surface area contributed by atoms with Crippen LogP contribution in [0.1, 0.15) is 21.5 Å². The number of ether oxygens (including phenoxy) is 1. The van der Waals surface area contributed by atoms with Crippen LogP contribution in [0.4, 0.5) is 0 Å². The van der Waals surface area contributed by atoms with E-state index in [2.05, 4.69) is 47.7 Å². The summed E-state index contributed by atoms with van der Waals surface area (Å²) in [4.78, 5) is 24.1. The molecule has 31 heavy (non-hydrogen) atoms. The standard InChI is InChI=1S/C23H19Br2N3O3/c24-19-8-4-7-17(11-19)23(30)26-14-22(29)28-27-13-18-12-20(25)9-10-21(18)31-15-16-5-2-1-3-6-16/h1-13H,14-15H2,(H,26,30)(H,28,29)/b27-13-. The van der Waals surface area contributed by atoms with Crippen LogP contribution in [0.15, 0.2) is 86.8 Å². The van der Waals surface area contributed by atoms with Gasteiger partial charge in [-0.1, -0.05) is 68.3 Å². The Labute approximate surface area is 197 Å². The Morgan fingerprint density at radius 1 is 0.935 bits per heavy atom. The summed E-state index contributed by atoms with van der Waals surface area (Å²) in [5.41, 5.74) is 4.61. The second-order valence-corrected chi connectivity index (χ2v) is 8.27. The van der Waals surface area contributed by atoms with Gasteiger partial charge in [0.05, 0.1) is 12.8 Å². The third kappa shape index (κ3) is 7.34. The minimum atomic E-state index is -0.443. The fraction of sp³-hybridized carbons (Fsp3) is 0.0870. The Hall–Kier alpha value is -2.97. The van der Waals surface area contributed by atoms with Crippen molar-refractivity contribution in [3.05, 3.63) is 98.4 Å². The summed E-state index contributed by atoms with van der Waals surface area (Å²) in [5.74, 6) is -0.154. The molecule has 158 valence electrons. The minimum absolute atomic E-state index is 0.196. The number of halogens is 2. The van der Waals surface area contributed by atoms with Crippen molar-refractivity contribution in [1.82, 2.24) is 10.7 Å². The zero-order chi connectivity index (χ0) is 22.1. The second kappa shape index (κ2) is 11.4. The summed E-state index contributed by atoms with van der Waals surface area (Å²) in [6.07, 6.45) is 1.50. The lowest BCUT2D eigenvalue weighted by molar-refractivity contribution is -0.120. The van der Waals surface area contributed by atoms with Gasteiger partial charge >= 0.3 is 0 Å². The lowest BCUT2D eigenvalue weighted by Crippen LogP contribution is -2.34. The van der Waals surface area contributed by atoms with Gasteiger partial charge < -0.3 is 10.1 Å². The van der Waals surface area contributed by atoms with Gasteiger partial charge in [0.2, 0.25) is 0 Å². The highest BCUT2D eigenvalue weighted by Gasteiger charge is 2.08. The summed E-state index contributed by atoms with van der Waals surface area (Å²) in [7, 11) is 0. The fourth-order valence-corrected chi connectivity index (χ4v) is 3.37. The molecular weight excluding hydrogens is 526 g/mol. The summed E-state index contributed by atoms with van der Waals surface area (Å²) in [5, 5.41) is 6.53. The Balaban J connectivity index is 1.54. The van der Waals surface area contributed by atoms with Gasteiger partial charge in [-0.3, -0.25) is 9.59 Å². The van der Waals surface area contributed by atoms with Crippen molar-refractivity contribution in [3.8, 4) is 5.75 Å². The van der Waals surface area contributed by atoms with Crippen molar-refractivity contribution in [2.75, 3.05) is 6.54 Å². The highest BCUT2D eigenvalue weighted by Crippen LogP contribution is 2.22. The van der Waals surface area contributed by atoms with E-state index in [1.165, 1.54) is 6.21 Å². The molecule has 0 saturated carbocycles. The minimum Gasteiger partial charge on any atom is -0.488 e. The molecule has 0 saturated heterocycles. The van der Waals surface area contributed by atoms with Crippen molar-refractivity contribution < 1.29 is 14.3 Å².